The molecule has 2 heterocycles. The monoisotopic (exact) mass is 928 g/mol. The molecule has 1 amide bonds. The molecule has 65 heavy (non-hydrogen) atoms. The zero-order chi connectivity index (χ0) is 47.5. The lowest BCUT2D eigenvalue weighted by Gasteiger charge is -2.46. The van der Waals surface area contributed by atoms with Gasteiger partial charge in [-0.1, -0.05) is 159 Å². The predicted molar refractivity (Wildman–Crippen MR) is 254 cm³/mol. The van der Waals surface area contributed by atoms with Gasteiger partial charge in [-0.25, -0.2) is 0 Å². The first-order valence-electron chi connectivity index (χ1n) is 25.7. The van der Waals surface area contributed by atoms with Gasteiger partial charge in [0, 0.05) is 6.42 Å². The summed E-state index contributed by atoms with van der Waals surface area (Å²) in [4.78, 5) is 13.1. The highest BCUT2D eigenvalue weighted by molar-refractivity contribution is 5.76. The van der Waals surface area contributed by atoms with Gasteiger partial charge >= 0.3 is 0 Å². The molecular weight excluding hydrogens is 835 g/mol. The summed E-state index contributed by atoms with van der Waals surface area (Å²) in [5.41, 5.74) is 0. The van der Waals surface area contributed by atoms with E-state index in [1.807, 2.05) is 6.08 Å². The van der Waals surface area contributed by atoms with E-state index in [2.05, 4.69) is 43.5 Å². The summed E-state index contributed by atoms with van der Waals surface area (Å²) in [5, 5.41) is 86.7. The van der Waals surface area contributed by atoms with Crippen LogP contribution in [0.15, 0.2) is 36.5 Å². The zero-order valence-electron chi connectivity index (χ0n) is 40.2. The first kappa shape index (κ1) is 59.3. The van der Waals surface area contributed by atoms with Gasteiger partial charge in [0.1, 0.15) is 48.8 Å². The predicted octanol–water partition coefficient (Wildman–Crippen LogP) is 6.71. The Kier molecular flexibility index (Phi) is 34.8. The number of ether oxygens (including phenoxy) is 4. The summed E-state index contributed by atoms with van der Waals surface area (Å²) < 4.78 is 22.7. The molecule has 0 radical (unpaired) electrons. The maximum Gasteiger partial charge on any atom is 0.220 e. The average molecular weight is 928 g/mol. The minimum atomic E-state index is -1.79. The van der Waals surface area contributed by atoms with E-state index in [0.717, 1.165) is 51.4 Å². The maximum atomic E-state index is 13.1. The summed E-state index contributed by atoms with van der Waals surface area (Å²) in [6.07, 6.45) is 26.2. The second-order valence-electron chi connectivity index (χ2n) is 18.3. The number of aliphatic hydroxyl groups excluding tert-OH is 8. The highest BCUT2D eigenvalue weighted by atomic mass is 16.7. The van der Waals surface area contributed by atoms with E-state index < -0.39 is 86.8 Å². The number of nitrogens with one attached hydrogen (secondary N) is 1. The molecule has 2 aliphatic rings. The third-order valence-electron chi connectivity index (χ3n) is 12.5. The smallest absolute Gasteiger partial charge is 0.220 e. The van der Waals surface area contributed by atoms with Crippen LogP contribution in [0, 0.1) is 0 Å². The molecule has 0 aromatic heterocycles. The lowest BCUT2D eigenvalue weighted by Crippen LogP contribution is -2.65. The van der Waals surface area contributed by atoms with Crippen LogP contribution < -0.4 is 5.32 Å². The fourth-order valence-corrected chi connectivity index (χ4v) is 8.30. The number of hydrogen-bond donors (Lipinski definition) is 9. The van der Waals surface area contributed by atoms with Crippen molar-refractivity contribution in [2.24, 2.45) is 0 Å². The van der Waals surface area contributed by atoms with Crippen LogP contribution >= 0.6 is 0 Å². The first-order valence-corrected chi connectivity index (χ1v) is 25.7. The summed E-state index contributed by atoms with van der Waals surface area (Å²) in [6.45, 7) is 2.73. The minimum absolute atomic E-state index is 0.261. The number of carbonyl (C=O) groups is 1. The van der Waals surface area contributed by atoms with E-state index in [1.165, 1.54) is 103 Å². The van der Waals surface area contributed by atoms with Gasteiger partial charge in [0.25, 0.3) is 0 Å². The van der Waals surface area contributed by atoms with Crippen LogP contribution in [-0.2, 0) is 23.7 Å². The second kappa shape index (κ2) is 38.1. The van der Waals surface area contributed by atoms with E-state index in [0.29, 0.717) is 12.8 Å². The molecule has 14 heteroatoms. The van der Waals surface area contributed by atoms with Crippen LogP contribution in [0.1, 0.15) is 187 Å². The van der Waals surface area contributed by atoms with Crippen LogP contribution in [0.25, 0.3) is 0 Å². The molecule has 2 aliphatic heterocycles. The second-order valence-corrected chi connectivity index (χ2v) is 18.3. The maximum absolute atomic E-state index is 13.1. The van der Waals surface area contributed by atoms with E-state index >= 15 is 0 Å². The van der Waals surface area contributed by atoms with E-state index in [4.69, 9.17) is 18.9 Å². The number of hydrogen-bond acceptors (Lipinski definition) is 13. The Morgan fingerprint density at radius 1 is 0.538 bits per heavy atom. The Balaban J connectivity index is 1.86. The summed E-state index contributed by atoms with van der Waals surface area (Å²) in [7, 11) is 0. The minimum Gasteiger partial charge on any atom is -0.394 e. The van der Waals surface area contributed by atoms with Gasteiger partial charge < -0.3 is 65.1 Å². The van der Waals surface area contributed by atoms with Crippen molar-refractivity contribution in [3.05, 3.63) is 36.5 Å². The molecular formula is C51H93NO13. The van der Waals surface area contributed by atoms with Crippen LogP contribution in [0.2, 0.25) is 0 Å². The summed E-state index contributed by atoms with van der Waals surface area (Å²) in [5.74, 6) is -0.261. The van der Waals surface area contributed by atoms with Gasteiger partial charge in [-0.05, 0) is 57.8 Å². The number of amides is 1. The Morgan fingerprint density at radius 2 is 0.985 bits per heavy atom. The van der Waals surface area contributed by atoms with Crippen molar-refractivity contribution < 1.29 is 64.6 Å². The molecule has 12 unspecified atom stereocenters. The third kappa shape index (κ3) is 25.4. The number of rotatable bonds is 39. The zero-order valence-corrected chi connectivity index (χ0v) is 40.2. The van der Waals surface area contributed by atoms with Crippen LogP contribution in [0.5, 0.6) is 0 Å². The molecule has 0 saturated carbocycles. The molecule has 12 atom stereocenters. The van der Waals surface area contributed by atoms with Crippen molar-refractivity contribution in [3.8, 4) is 0 Å². The molecule has 14 nitrogen and oxygen atoms in total. The fourth-order valence-electron chi connectivity index (χ4n) is 8.30. The number of aliphatic hydroxyl groups is 8. The van der Waals surface area contributed by atoms with Crippen LogP contribution in [-0.4, -0.2) is 140 Å². The van der Waals surface area contributed by atoms with Crippen molar-refractivity contribution in [2.75, 3.05) is 19.8 Å². The third-order valence-corrected chi connectivity index (χ3v) is 12.5. The lowest BCUT2D eigenvalue weighted by molar-refractivity contribution is -0.359. The van der Waals surface area contributed by atoms with E-state index in [-0.39, 0.29) is 18.9 Å². The van der Waals surface area contributed by atoms with Crippen LogP contribution in [0.4, 0.5) is 0 Å². The molecule has 0 aromatic carbocycles. The van der Waals surface area contributed by atoms with Gasteiger partial charge in [-0.3, -0.25) is 4.79 Å². The topological polar surface area (TPSA) is 228 Å². The van der Waals surface area contributed by atoms with E-state index in [9.17, 15) is 45.6 Å². The van der Waals surface area contributed by atoms with Crippen molar-refractivity contribution in [1.82, 2.24) is 5.32 Å². The highest BCUT2D eigenvalue weighted by Gasteiger charge is 2.51. The molecule has 0 bridgehead atoms. The van der Waals surface area contributed by atoms with Crippen LogP contribution in [0.3, 0.4) is 0 Å². The molecule has 9 N–H and O–H groups in total. The van der Waals surface area contributed by atoms with Gasteiger partial charge in [0.2, 0.25) is 5.91 Å². The molecule has 2 saturated heterocycles. The molecule has 2 rings (SSSR count). The Hall–Kier alpha value is -1.79. The molecule has 0 aliphatic carbocycles. The SMILES string of the molecule is CCCCC/C=C\CCCCCCCC(=O)NC(COC1OC(CO)C(OC2OC(CO)C(O)C(O)C2O)C(O)C1O)C(O)/C=C/CC/C=C/CCCCCCCCCCCCCCC. The standard InChI is InChI=1S/C51H93NO13/c1-3-5-7-9-11-13-15-17-18-19-20-21-22-23-24-26-28-30-32-34-40(55)39(52-43(56)35-33-31-29-27-25-16-14-12-10-8-6-4-2)38-62-50-48(61)46(59)49(42(37-54)64-50)65-51-47(60)45(58)44(57)41(36-53)63-51/h12,14,24,26,32,34,39-42,44-51,53-55,57-61H,3-11,13,15-23,25,27-31,33,35-38H2,1-2H3,(H,52,56)/b14-12-,26-24+,34-32+. The average Bonchev–Trinajstić information content (AvgIpc) is 3.30. The Morgan fingerprint density at radius 3 is 1.54 bits per heavy atom. The number of carbonyl (C=O) groups excluding carboxylic acids is 1. The van der Waals surface area contributed by atoms with Crippen molar-refractivity contribution in [1.29, 1.82) is 0 Å². The van der Waals surface area contributed by atoms with E-state index in [1.54, 1.807) is 6.08 Å². The quantitative estimate of drug-likeness (QED) is 0.0231. The fraction of sp³-hybridized carbons (Fsp3) is 0.863. The van der Waals surface area contributed by atoms with Crippen molar-refractivity contribution in [2.45, 2.75) is 261 Å². The highest BCUT2D eigenvalue weighted by Crippen LogP contribution is 2.30. The van der Waals surface area contributed by atoms with Gasteiger partial charge in [0.15, 0.2) is 12.6 Å². The summed E-state index contributed by atoms with van der Waals surface area (Å²) >= 11 is 0. The van der Waals surface area contributed by atoms with Crippen molar-refractivity contribution in [3.63, 3.8) is 0 Å². The lowest BCUT2D eigenvalue weighted by atomic mass is 9.97. The molecule has 0 spiro atoms. The van der Waals surface area contributed by atoms with Gasteiger partial charge in [-0.15, -0.1) is 0 Å². The number of allylic oxidation sites excluding steroid dienone is 5. The normalized spacial score (nSPS) is 27.3. The Bertz CT molecular complexity index is 1230. The number of unbranched alkanes of at least 4 members (excludes halogenated alkanes) is 22. The van der Waals surface area contributed by atoms with Gasteiger partial charge in [0.05, 0.1) is 32.0 Å². The first-order chi connectivity index (χ1) is 31.6. The summed E-state index contributed by atoms with van der Waals surface area (Å²) in [6, 6.07) is -0.933. The molecule has 0 aromatic rings. The molecule has 2 fully saturated rings. The van der Waals surface area contributed by atoms with Crippen molar-refractivity contribution >= 4 is 5.91 Å². The Labute approximate surface area is 391 Å². The molecule has 380 valence electrons. The van der Waals surface area contributed by atoms with Gasteiger partial charge in [-0.2, -0.15) is 0 Å². The largest absolute Gasteiger partial charge is 0.394 e.